The van der Waals surface area contributed by atoms with Crippen LogP contribution in [0.4, 0.5) is 13.2 Å². The van der Waals surface area contributed by atoms with E-state index in [2.05, 4.69) is 22.4 Å². The average Bonchev–Trinajstić information content (AvgIpc) is 3.01. The second-order valence-electron chi connectivity index (χ2n) is 6.04. The van der Waals surface area contributed by atoms with E-state index >= 15 is 0 Å². The zero-order valence-corrected chi connectivity index (χ0v) is 14.1. The van der Waals surface area contributed by atoms with Gasteiger partial charge in [-0.05, 0) is 25.5 Å². The number of benzene rings is 1. The number of carboxylic acid groups (broad SMARTS) is 1. The van der Waals surface area contributed by atoms with E-state index < -0.39 is 12.1 Å². The Balaban J connectivity index is 0.000000298. The summed E-state index contributed by atoms with van der Waals surface area (Å²) >= 11 is 0. The monoisotopic (exact) mass is 373 g/mol. The molecule has 1 aliphatic rings. The number of carboxylic acids is 1. The van der Waals surface area contributed by atoms with Gasteiger partial charge in [0.2, 0.25) is 11.7 Å². The molecule has 10 heteroatoms. The van der Waals surface area contributed by atoms with Crippen LogP contribution in [0.2, 0.25) is 0 Å². The topological polar surface area (TPSA) is 97.5 Å². The van der Waals surface area contributed by atoms with Gasteiger partial charge in [-0.1, -0.05) is 23.4 Å². The molecular formula is C16H18F3N3O4. The number of aromatic nitrogens is 2. The molecule has 2 heterocycles. The molecule has 0 amide bonds. The highest BCUT2D eigenvalue weighted by Crippen LogP contribution is 2.26. The lowest BCUT2D eigenvalue weighted by atomic mass is 9.84. The fourth-order valence-electron chi connectivity index (χ4n) is 2.07. The summed E-state index contributed by atoms with van der Waals surface area (Å²) in [5, 5.41) is 14.3. The molecule has 0 radical (unpaired) electrons. The van der Waals surface area contributed by atoms with Crippen LogP contribution < -0.4 is 10.1 Å². The molecule has 0 aliphatic carbocycles. The molecule has 2 N–H and O–H groups in total. The van der Waals surface area contributed by atoms with E-state index in [9.17, 15) is 13.2 Å². The van der Waals surface area contributed by atoms with E-state index in [1.165, 1.54) is 0 Å². The predicted octanol–water partition coefficient (Wildman–Crippen LogP) is 2.45. The third-order valence-electron chi connectivity index (χ3n) is 3.71. The van der Waals surface area contributed by atoms with Gasteiger partial charge in [0.15, 0.2) is 6.61 Å². The van der Waals surface area contributed by atoms with E-state index in [4.69, 9.17) is 19.2 Å². The van der Waals surface area contributed by atoms with Crippen molar-refractivity contribution in [3.05, 3.63) is 41.5 Å². The molecule has 1 fully saturated rings. The highest BCUT2D eigenvalue weighted by molar-refractivity contribution is 5.73. The summed E-state index contributed by atoms with van der Waals surface area (Å²) in [5.41, 5.74) is 1.08. The van der Waals surface area contributed by atoms with Crippen LogP contribution in [0, 0.1) is 6.92 Å². The number of hydrogen-bond donors (Lipinski definition) is 2. The van der Waals surface area contributed by atoms with Crippen molar-refractivity contribution in [2.24, 2.45) is 0 Å². The van der Waals surface area contributed by atoms with Gasteiger partial charge in [-0.2, -0.15) is 18.2 Å². The molecule has 1 aromatic heterocycles. The smallest absolute Gasteiger partial charge is 0.485 e. The van der Waals surface area contributed by atoms with E-state index in [0.29, 0.717) is 18.3 Å². The van der Waals surface area contributed by atoms with Crippen LogP contribution in [0.5, 0.6) is 5.75 Å². The molecule has 1 aromatic carbocycles. The Morgan fingerprint density at radius 2 is 2.00 bits per heavy atom. The number of halogens is 3. The number of ether oxygens (including phenoxy) is 1. The fraction of sp³-hybridized carbons (Fsp3) is 0.438. The summed E-state index contributed by atoms with van der Waals surface area (Å²) in [6, 6.07) is 7.88. The lowest BCUT2D eigenvalue weighted by Crippen LogP contribution is -2.54. The molecule has 0 unspecified atom stereocenters. The van der Waals surface area contributed by atoms with Crippen molar-refractivity contribution in [3.8, 4) is 5.75 Å². The summed E-state index contributed by atoms with van der Waals surface area (Å²) in [4.78, 5) is 13.3. The van der Waals surface area contributed by atoms with Crippen LogP contribution in [0.25, 0.3) is 0 Å². The first kappa shape index (κ1) is 19.7. The SMILES string of the molecule is Cc1ccccc1OCc1noc(C2(C)CNC2)n1.O=C(O)C(F)(F)F. The van der Waals surface area contributed by atoms with Gasteiger partial charge in [0.05, 0.1) is 5.41 Å². The van der Waals surface area contributed by atoms with Crippen LogP contribution in [0.3, 0.4) is 0 Å². The summed E-state index contributed by atoms with van der Waals surface area (Å²) in [6.45, 7) is 6.22. The van der Waals surface area contributed by atoms with Gasteiger partial charge < -0.3 is 19.7 Å². The first-order valence-corrected chi connectivity index (χ1v) is 7.64. The van der Waals surface area contributed by atoms with Gasteiger partial charge in [0, 0.05) is 13.1 Å². The van der Waals surface area contributed by atoms with Gasteiger partial charge in [-0.15, -0.1) is 0 Å². The number of nitrogens with one attached hydrogen (secondary N) is 1. The first-order chi connectivity index (χ1) is 12.1. The number of hydrogen-bond acceptors (Lipinski definition) is 6. The molecule has 142 valence electrons. The van der Waals surface area contributed by atoms with E-state index in [1.807, 2.05) is 31.2 Å². The molecule has 1 aliphatic heterocycles. The van der Waals surface area contributed by atoms with Crippen molar-refractivity contribution in [3.63, 3.8) is 0 Å². The molecule has 0 atom stereocenters. The molecule has 2 aromatic rings. The first-order valence-electron chi connectivity index (χ1n) is 7.64. The maximum absolute atomic E-state index is 10.6. The highest BCUT2D eigenvalue weighted by atomic mass is 19.4. The minimum atomic E-state index is -5.08. The Labute approximate surface area is 147 Å². The molecule has 0 spiro atoms. The molecule has 26 heavy (non-hydrogen) atoms. The molecule has 0 bridgehead atoms. The number of aryl methyl sites for hydroxylation is 1. The molecule has 3 rings (SSSR count). The third-order valence-corrected chi connectivity index (χ3v) is 3.71. The molecular weight excluding hydrogens is 355 g/mol. The lowest BCUT2D eigenvalue weighted by Gasteiger charge is -2.35. The average molecular weight is 373 g/mol. The van der Waals surface area contributed by atoms with Crippen LogP contribution in [0.15, 0.2) is 28.8 Å². The minimum Gasteiger partial charge on any atom is -0.485 e. The fourth-order valence-corrected chi connectivity index (χ4v) is 2.07. The number of nitrogens with zero attached hydrogens (tertiary/aromatic N) is 2. The second kappa shape index (κ2) is 7.73. The van der Waals surface area contributed by atoms with Gasteiger partial charge in [-0.25, -0.2) is 4.79 Å². The quantitative estimate of drug-likeness (QED) is 0.850. The summed E-state index contributed by atoms with van der Waals surface area (Å²) in [7, 11) is 0. The van der Waals surface area contributed by atoms with Crippen molar-refractivity contribution in [1.82, 2.24) is 15.5 Å². The number of aliphatic carboxylic acids is 1. The summed E-state index contributed by atoms with van der Waals surface area (Å²) in [6.07, 6.45) is -5.08. The second-order valence-corrected chi connectivity index (χ2v) is 6.04. The predicted molar refractivity (Wildman–Crippen MR) is 83.7 cm³/mol. The normalized spacial score (nSPS) is 15.4. The number of para-hydroxylation sites is 1. The van der Waals surface area contributed by atoms with E-state index in [0.717, 1.165) is 24.4 Å². The van der Waals surface area contributed by atoms with E-state index in [1.54, 1.807) is 0 Å². The van der Waals surface area contributed by atoms with Crippen molar-refractivity contribution >= 4 is 5.97 Å². The zero-order valence-electron chi connectivity index (χ0n) is 14.1. The number of rotatable bonds is 4. The van der Waals surface area contributed by atoms with Crippen LogP contribution in [-0.2, 0) is 16.8 Å². The van der Waals surface area contributed by atoms with Crippen molar-refractivity contribution in [2.45, 2.75) is 32.0 Å². The van der Waals surface area contributed by atoms with Gasteiger partial charge in [-0.3, -0.25) is 0 Å². The van der Waals surface area contributed by atoms with Crippen LogP contribution >= 0.6 is 0 Å². The van der Waals surface area contributed by atoms with Crippen molar-refractivity contribution in [1.29, 1.82) is 0 Å². The van der Waals surface area contributed by atoms with Gasteiger partial charge >= 0.3 is 12.1 Å². The Morgan fingerprint density at radius 1 is 1.38 bits per heavy atom. The van der Waals surface area contributed by atoms with Gasteiger partial charge in [0.1, 0.15) is 5.75 Å². The Kier molecular flexibility index (Phi) is 5.86. The Hall–Kier alpha value is -2.62. The highest BCUT2D eigenvalue weighted by Gasteiger charge is 2.39. The van der Waals surface area contributed by atoms with Crippen molar-refractivity contribution < 1.29 is 32.3 Å². The molecule has 1 saturated heterocycles. The minimum absolute atomic E-state index is 0.0199. The maximum atomic E-state index is 10.6. The van der Waals surface area contributed by atoms with Crippen LogP contribution in [0.1, 0.15) is 24.2 Å². The number of carbonyl (C=O) groups is 1. The largest absolute Gasteiger partial charge is 0.490 e. The summed E-state index contributed by atoms with van der Waals surface area (Å²) in [5.74, 6) is -0.626. The summed E-state index contributed by atoms with van der Waals surface area (Å²) < 4.78 is 42.7. The third kappa shape index (κ3) is 4.94. The molecule has 0 saturated carbocycles. The Bertz CT molecular complexity index is 757. The maximum Gasteiger partial charge on any atom is 0.490 e. The lowest BCUT2D eigenvalue weighted by molar-refractivity contribution is -0.192. The van der Waals surface area contributed by atoms with Crippen molar-refractivity contribution in [2.75, 3.05) is 13.1 Å². The van der Waals surface area contributed by atoms with Crippen LogP contribution in [-0.4, -0.2) is 40.5 Å². The van der Waals surface area contributed by atoms with E-state index in [-0.39, 0.29) is 5.41 Å². The van der Waals surface area contributed by atoms with Gasteiger partial charge in [0.25, 0.3) is 0 Å². The molecule has 7 nitrogen and oxygen atoms in total. The zero-order chi connectivity index (χ0) is 19.4. The standard InChI is InChI=1S/C14H17N3O2.C2HF3O2/c1-10-5-3-4-6-11(10)18-7-12-16-13(19-17-12)14(2)8-15-9-14;3-2(4,5)1(6)7/h3-6,15H,7-9H2,1-2H3;(H,6,7). The number of alkyl halides is 3. The Morgan fingerprint density at radius 3 is 2.50 bits per heavy atom.